The van der Waals surface area contributed by atoms with Gasteiger partial charge in [-0.15, -0.1) is 0 Å². The standard InChI is InChI=1S/C38H42N4O3/c1-5-27(2)36(40-37(43)21-32-22-39-26-42(32)23-29-17-19-33(45-4)20-18-29)25-41(38(44)34-15-8-6-11-28(34)3)24-31-14-10-13-30-12-7-9-16-35(30)31/h6-20,22,26-27,36H,5,21,23-25H2,1-4H3,(H,40,43)/t27-,36+/m0/s1. The highest BCUT2D eigenvalue weighted by Crippen LogP contribution is 2.23. The number of aromatic nitrogens is 2. The Morgan fingerprint density at radius 1 is 0.956 bits per heavy atom. The average Bonchev–Trinajstić information content (AvgIpc) is 3.49. The third-order valence-electron chi connectivity index (χ3n) is 8.65. The van der Waals surface area contributed by atoms with Crippen LogP contribution in [0.2, 0.25) is 0 Å². The lowest BCUT2D eigenvalue weighted by Gasteiger charge is -2.32. The molecule has 0 saturated carbocycles. The summed E-state index contributed by atoms with van der Waals surface area (Å²) in [5.74, 6) is 0.819. The van der Waals surface area contributed by atoms with Crippen molar-refractivity contribution in [3.05, 3.63) is 131 Å². The maximum absolute atomic E-state index is 14.1. The molecular formula is C38H42N4O3. The van der Waals surface area contributed by atoms with Crippen LogP contribution in [-0.2, 0) is 24.3 Å². The summed E-state index contributed by atoms with van der Waals surface area (Å²) in [6, 6.07) is 29.8. The number of methoxy groups -OCH3 is 1. The molecule has 0 radical (unpaired) electrons. The molecule has 45 heavy (non-hydrogen) atoms. The number of fused-ring (bicyclic) bond motifs is 1. The number of aryl methyl sites for hydroxylation is 1. The van der Waals surface area contributed by atoms with Gasteiger partial charge in [-0.05, 0) is 58.5 Å². The van der Waals surface area contributed by atoms with Gasteiger partial charge in [0.1, 0.15) is 5.75 Å². The summed E-state index contributed by atoms with van der Waals surface area (Å²) in [5, 5.41) is 5.55. The Morgan fingerprint density at radius 2 is 1.69 bits per heavy atom. The van der Waals surface area contributed by atoms with Crippen LogP contribution in [0.15, 0.2) is 104 Å². The Labute approximate surface area is 265 Å². The van der Waals surface area contributed by atoms with Gasteiger partial charge in [-0.3, -0.25) is 9.59 Å². The number of amides is 2. The van der Waals surface area contributed by atoms with Gasteiger partial charge >= 0.3 is 0 Å². The molecule has 232 valence electrons. The average molecular weight is 603 g/mol. The second-order valence-corrected chi connectivity index (χ2v) is 11.7. The second kappa shape index (κ2) is 14.7. The molecule has 0 aliphatic rings. The fourth-order valence-electron chi connectivity index (χ4n) is 5.72. The molecule has 0 spiro atoms. The van der Waals surface area contributed by atoms with E-state index >= 15 is 0 Å². The maximum atomic E-state index is 14.1. The number of ether oxygens (including phenoxy) is 1. The molecule has 0 fully saturated rings. The normalized spacial score (nSPS) is 12.4. The van der Waals surface area contributed by atoms with Gasteiger partial charge < -0.3 is 19.5 Å². The van der Waals surface area contributed by atoms with Gasteiger partial charge in [0.05, 0.1) is 19.9 Å². The molecule has 4 aromatic carbocycles. The summed E-state index contributed by atoms with van der Waals surface area (Å²) in [6.07, 6.45) is 4.56. The molecule has 0 saturated heterocycles. The minimum atomic E-state index is -0.233. The number of hydrogen-bond donors (Lipinski definition) is 1. The van der Waals surface area contributed by atoms with Crippen LogP contribution in [0.3, 0.4) is 0 Å². The molecule has 1 aromatic heterocycles. The first kappa shape index (κ1) is 31.5. The number of benzene rings is 4. The van der Waals surface area contributed by atoms with Crippen LogP contribution in [0, 0.1) is 12.8 Å². The van der Waals surface area contributed by atoms with Crippen molar-refractivity contribution in [3.8, 4) is 5.75 Å². The molecule has 7 nitrogen and oxygen atoms in total. The van der Waals surface area contributed by atoms with E-state index in [1.165, 1.54) is 0 Å². The smallest absolute Gasteiger partial charge is 0.254 e. The van der Waals surface area contributed by atoms with Crippen molar-refractivity contribution >= 4 is 22.6 Å². The summed E-state index contributed by atoms with van der Waals surface area (Å²) in [5.41, 5.74) is 4.60. The molecule has 1 N–H and O–H groups in total. The van der Waals surface area contributed by atoms with Crippen LogP contribution < -0.4 is 10.1 Å². The van der Waals surface area contributed by atoms with E-state index in [4.69, 9.17) is 4.74 Å². The van der Waals surface area contributed by atoms with E-state index in [2.05, 4.69) is 48.4 Å². The van der Waals surface area contributed by atoms with Crippen molar-refractivity contribution in [2.24, 2.45) is 5.92 Å². The van der Waals surface area contributed by atoms with Crippen LogP contribution in [-0.4, -0.2) is 46.0 Å². The highest BCUT2D eigenvalue weighted by Gasteiger charge is 2.26. The molecule has 5 aromatic rings. The molecule has 0 unspecified atom stereocenters. The molecule has 0 bridgehead atoms. The van der Waals surface area contributed by atoms with E-state index in [9.17, 15) is 9.59 Å². The highest BCUT2D eigenvalue weighted by atomic mass is 16.5. The molecule has 1 heterocycles. The van der Waals surface area contributed by atoms with Crippen molar-refractivity contribution in [2.45, 2.75) is 52.7 Å². The summed E-state index contributed by atoms with van der Waals surface area (Å²) in [6.45, 7) is 7.64. The molecule has 7 heteroatoms. The summed E-state index contributed by atoms with van der Waals surface area (Å²) in [4.78, 5) is 33.9. The Kier molecular flexibility index (Phi) is 10.3. The topological polar surface area (TPSA) is 76.5 Å². The SMILES string of the molecule is CC[C@H](C)[C@@H](CN(Cc1cccc2ccccc12)C(=O)c1ccccc1C)NC(=O)Cc1cncn1Cc1ccc(OC)cc1. The minimum absolute atomic E-state index is 0.0406. The van der Waals surface area contributed by atoms with Crippen LogP contribution in [0.25, 0.3) is 10.8 Å². The summed E-state index contributed by atoms with van der Waals surface area (Å²) in [7, 11) is 1.65. The van der Waals surface area contributed by atoms with Gasteiger partial charge in [0.25, 0.3) is 5.91 Å². The van der Waals surface area contributed by atoms with Crippen molar-refractivity contribution in [2.75, 3.05) is 13.7 Å². The third kappa shape index (κ3) is 7.79. The zero-order chi connectivity index (χ0) is 31.8. The molecule has 0 aliphatic heterocycles. The predicted molar refractivity (Wildman–Crippen MR) is 179 cm³/mol. The monoisotopic (exact) mass is 602 g/mol. The molecule has 2 atom stereocenters. The number of imidazole rings is 1. The number of carbonyl (C=O) groups is 2. The van der Waals surface area contributed by atoms with Crippen molar-refractivity contribution < 1.29 is 14.3 Å². The number of nitrogens with zero attached hydrogens (tertiary/aromatic N) is 3. The molecular weight excluding hydrogens is 560 g/mol. The van der Waals surface area contributed by atoms with Gasteiger partial charge in [-0.2, -0.15) is 0 Å². The maximum Gasteiger partial charge on any atom is 0.254 e. The Hall–Kier alpha value is -4.91. The van der Waals surface area contributed by atoms with Crippen molar-refractivity contribution in [1.29, 1.82) is 0 Å². The molecule has 5 rings (SSSR count). The van der Waals surface area contributed by atoms with E-state index < -0.39 is 0 Å². The molecule has 2 amide bonds. The van der Waals surface area contributed by atoms with Crippen LogP contribution in [0.1, 0.15) is 53.0 Å². The first-order chi connectivity index (χ1) is 21.9. The fourth-order valence-corrected chi connectivity index (χ4v) is 5.72. The summed E-state index contributed by atoms with van der Waals surface area (Å²) < 4.78 is 7.27. The van der Waals surface area contributed by atoms with Gasteiger partial charge in [-0.25, -0.2) is 4.98 Å². The lowest BCUT2D eigenvalue weighted by Crippen LogP contribution is -2.49. The lowest BCUT2D eigenvalue weighted by molar-refractivity contribution is -0.121. The van der Waals surface area contributed by atoms with E-state index in [1.807, 2.05) is 83.1 Å². The van der Waals surface area contributed by atoms with E-state index in [-0.39, 0.29) is 30.2 Å². The summed E-state index contributed by atoms with van der Waals surface area (Å²) >= 11 is 0. The Balaban J connectivity index is 1.37. The van der Waals surface area contributed by atoms with Gasteiger partial charge in [0, 0.05) is 43.1 Å². The molecule has 0 aliphatic carbocycles. The predicted octanol–water partition coefficient (Wildman–Crippen LogP) is 6.82. The number of hydrogen-bond acceptors (Lipinski definition) is 4. The first-order valence-electron chi connectivity index (χ1n) is 15.6. The quantitative estimate of drug-likeness (QED) is 0.161. The van der Waals surface area contributed by atoms with Crippen molar-refractivity contribution in [3.63, 3.8) is 0 Å². The third-order valence-corrected chi connectivity index (χ3v) is 8.65. The van der Waals surface area contributed by atoms with Crippen LogP contribution in [0.5, 0.6) is 5.75 Å². The number of nitrogens with one attached hydrogen (secondary N) is 1. The van der Waals surface area contributed by atoms with Gasteiger partial charge in [0.15, 0.2) is 0 Å². The van der Waals surface area contributed by atoms with Gasteiger partial charge in [-0.1, -0.05) is 93.1 Å². The highest BCUT2D eigenvalue weighted by molar-refractivity contribution is 5.96. The lowest BCUT2D eigenvalue weighted by atomic mass is 9.96. The minimum Gasteiger partial charge on any atom is -0.497 e. The second-order valence-electron chi connectivity index (χ2n) is 11.7. The zero-order valence-corrected chi connectivity index (χ0v) is 26.6. The Bertz CT molecular complexity index is 1740. The fraction of sp³-hybridized carbons (Fsp3) is 0.289. The zero-order valence-electron chi connectivity index (χ0n) is 26.6. The first-order valence-corrected chi connectivity index (χ1v) is 15.6. The van der Waals surface area contributed by atoms with E-state index in [1.54, 1.807) is 19.6 Å². The number of carbonyl (C=O) groups excluding carboxylic acids is 2. The van der Waals surface area contributed by atoms with E-state index in [0.717, 1.165) is 45.3 Å². The van der Waals surface area contributed by atoms with Crippen LogP contribution >= 0.6 is 0 Å². The van der Waals surface area contributed by atoms with Crippen molar-refractivity contribution in [1.82, 2.24) is 19.8 Å². The number of rotatable bonds is 13. The Morgan fingerprint density at radius 3 is 2.44 bits per heavy atom. The van der Waals surface area contributed by atoms with Gasteiger partial charge in [0.2, 0.25) is 5.91 Å². The van der Waals surface area contributed by atoms with E-state index in [0.29, 0.717) is 25.2 Å². The van der Waals surface area contributed by atoms with Crippen LogP contribution in [0.4, 0.5) is 0 Å². The largest absolute Gasteiger partial charge is 0.497 e.